The predicted molar refractivity (Wildman–Crippen MR) is 99.4 cm³/mol. The molecule has 0 atom stereocenters. The molecule has 23 heavy (non-hydrogen) atoms. The standard InChI is InChI=1S/C18H15P.C3H4O/c1-4-10-16(11-5-1)19(17-12-6-2-7-13-17)18-14-8-3-9-15-18;4-3-1-2-3/h1-15H;1-2H2. The first kappa shape index (κ1) is 15.6. The van der Waals surface area contributed by atoms with Crippen LogP contribution in [0.5, 0.6) is 0 Å². The topological polar surface area (TPSA) is 17.1 Å². The van der Waals surface area contributed by atoms with E-state index in [1.165, 1.54) is 15.9 Å². The lowest BCUT2D eigenvalue weighted by molar-refractivity contribution is -0.109. The number of Topliss-reactive ketones (excluding diaryl/α,β-unsaturated/α-hetero) is 1. The van der Waals surface area contributed by atoms with Crippen molar-refractivity contribution in [3.05, 3.63) is 91.0 Å². The van der Waals surface area contributed by atoms with Crippen LogP contribution in [0, 0.1) is 0 Å². The van der Waals surface area contributed by atoms with Crippen LogP contribution in [-0.4, -0.2) is 5.78 Å². The van der Waals surface area contributed by atoms with Gasteiger partial charge in [-0.15, -0.1) is 0 Å². The highest BCUT2D eigenvalue weighted by atomic mass is 31.1. The molecule has 1 nitrogen and oxygen atoms in total. The summed E-state index contributed by atoms with van der Waals surface area (Å²) < 4.78 is 0. The van der Waals surface area contributed by atoms with Crippen molar-refractivity contribution in [2.45, 2.75) is 12.8 Å². The van der Waals surface area contributed by atoms with Crippen LogP contribution in [-0.2, 0) is 4.79 Å². The van der Waals surface area contributed by atoms with Crippen molar-refractivity contribution >= 4 is 29.6 Å². The maximum absolute atomic E-state index is 9.56. The van der Waals surface area contributed by atoms with Gasteiger partial charge in [0.2, 0.25) is 0 Å². The van der Waals surface area contributed by atoms with Gasteiger partial charge in [-0.3, -0.25) is 4.79 Å². The van der Waals surface area contributed by atoms with Crippen molar-refractivity contribution < 1.29 is 4.79 Å². The highest BCUT2D eigenvalue weighted by Crippen LogP contribution is 2.32. The second-order valence-electron chi connectivity index (χ2n) is 5.38. The molecule has 3 aromatic rings. The van der Waals surface area contributed by atoms with Gasteiger partial charge < -0.3 is 0 Å². The van der Waals surface area contributed by atoms with Crippen molar-refractivity contribution in [3.8, 4) is 0 Å². The van der Waals surface area contributed by atoms with Gasteiger partial charge in [0, 0.05) is 12.8 Å². The Morgan fingerprint density at radius 3 is 1.00 bits per heavy atom. The molecule has 0 bridgehead atoms. The summed E-state index contributed by atoms with van der Waals surface area (Å²) in [4.78, 5) is 9.56. The van der Waals surface area contributed by atoms with Crippen LogP contribution in [0.25, 0.3) is 0 Å². The lowest BCUT2D eigenvalue weighted by Crippen LogP contribution is -2.20. The van der Waals surface area contributed by atoms with Gasteiger partial charge in [-0.25, -0.2) is 0 Å². The molecule has 2 heteroatoms. The molecule has 1 aliphatic carbocycles. The van der Waals surface area contributed by atoms with Crippen molar-refractivity contribution in [1.29, 1.82) is 0 Å². The van der Waals surface area contributed by atoms with Crippen LogP contribution >= 0.6 is 7.92 Å². The Kier molecular flexibility index (Phi) is 5.34. The van der Waals surface area contributed by atoms with E-state index in [4.69, 9.17) is 0 Å². The van der Waals surface area contributed by atoms with Crippen LogP contribution < -0.4 is 15.9 Å². The van der Waals surface area contributed by atoms with Gasteiger partial charge in [0.25, 0.3) is 0 Å². The van der Waals surface area contributed by atoms with Crippen LogP contribution in [0.15, 0.2) is 91.0 Å². The number of carbonyl (C=O) groups is 1. The highest BCUT2D eigenvalue weighted by molar-refractivity contribution is 7.79. The summed E-state index contributed by atoms with van der Waals surface area (Å²) in [7, 11) is -0.446. The quantitative estimate of drug-likeness (QED) is 0.672. The van der Waals surface area contributed by atoms with Crippen LogP contribution in [0.4, 0.5) is 0 Å². The van der Waals surface area contributed by atoms with E-state index in [1.807, 2.05) is 0 Å². The Bertz CT molecular complexity index is 639. The summed E-state index contributed by atoms with van der Waals surface area (Å²) in [6.45, 7) is 0. The number of hydrogen-bond acceptors (Lipinski definition) is 1. The highest BCUT2D eigenvalue weighted by Gasteiger charge is 2.15. The summed E-state index contributed by atoms with van der Waals surface area (Å²) in [5.74, 6) is 0.417. The third kappa shape index (κ3) is 4.61. The number of benzene rings is 3. The fraction of sp³-hybridized carbons (Fsp3) is 0.0952. The average Bonchev–Trinajstić information content (AvgIpc) is 3.41. The largest absolute Gasteiger partial charge is 0.300 e. The fourth-order valence-corrected chi connectivity index (χ4v) is 4.53. The molecule has 0 heterocycles. The Morgan fingerprint density at radius 1 is 0.522 bits per heavy atom. The third-order valence-corrected chi connectivity index (χ3v) is 5.94. The van der Waals surface area contributed by atoms with E-state index < -0.39 is 7.92 Å². The molecule has 3 aromatic carbocycles. The zero-order valence-electron chi connectivity index (χ0n) is 12.9. The molecule has 0 aliphatic heterocycles. The minimum absolute atomic E-state index is 0.417. The van der Waals surface area contributed by atoms with Gasteiger partial charge in [0.15, 0.2) is 0 Å². The minimum Gasteiger partial charge on any atom is -0.300 e. The molecule has 4 rings (SSSR count). The summed E-state index contributed by atoms with van der Waals surface area (Å²) in [5.41, 5.74) is 0. The molecule has 1 fully saturated rings. The second kappa shape index (κ2) is 7.85. The van der Waals surface area contributed by atoms with Gasteiger partial charge in [-0.05, 0) is 23.8 Å². The maximum atomic E-state index is 9.56. The molecule has 0 unspecified atom stereocenters. The molecule has 0 N–H and O–H groups in total. The summed E-state index contributed by atoms with van der Waals surface area (Å²) in [5, 5.41) is 4.19. The van der Waals surface area contributed by atoms with Gasteiger partial charge in [-0.2, -0.15) is 0 Å². The average molecular weight is 318 g/mol. The zero-order valence-corrected chi connectivity index (χ0v) is 13.8. The van der Waals surface area contributed by atoms with E-state index in [1.54, 1.807) is 0 Å². The fourth-order valence-electron chi connectivity index (χ4n) is 2.23. The van der Waals surface area contributed by atoms with Crippen LogP contribution in [0.3, 0.4) is 0 Å². The first-order valence-corrected chi connectivity index (χ1v) is 9.16. The van der Waals surface area contributed by atoms with Crippen LogP contribution in [0.2, 0.25) is 0 Å². The first-order chi connectivity index (χ1) is 11.3. The Labute approximate surface area is 138 Å². The zero-order chi connectivity index (χ0) is 15.9. The molecule has 1 aliphatic rings. The minimum atomic E-state index is -0.446. The van der Waals surface area contributed by atoms with Crippen molar-refractivity contribution in [3.63, 3.8) is 0 Å². The smallest absolute Gasteiger partial charge is 0.133 e. The van der Waals surface area contributed by atoms with E-state index in [2.05, 4.69) is 91.0 Å². The van der Waals surface area contributed by atoms with Gasteiger partial charge in [0.05, 0.1) is 0 Å². The molecule has 0 spiro atoms. The van der Waals surface area contributed by atoms with E-state index in [0.29, 0.717) is 5.78 Å². The predicted octanol–water partition coefficient (Wildman–Crippen LogP) is 3.79. The molecule has 0 aromatic heterocycles. The Morgan fingerprint density at radius 2 is 0.783 bits per heavy atom. The van der Waals surface area contributed by atoms with E-state index in [9.17, 15) is 4.79 Å². The van der Waals surface area contributed by atoms with Crippen molar-refractivity contribution in [2.24, 2.45) is 0 Å². The van der Waals surface area contributed by atoms with Gasteiger partial charge in [-0.1, -0.05) is 91.0 Å². The molecular weight excluding hydrogens is 299 g/mol. The maximum Gasteiger partial charge on any atom is 0.133 e. The number of carbonyl (C=O) groups excluding carboxylic acids is 1. The lowest BCUT2D eigenvalue weighted by atomic mass is 10.4. The third-order valence-electron chi connectivity index (χ3n) is 3.50. The van der Waals surface area contributed by atoms with Crippen LogP contribution in [0.1, 0.15) is 12.8 Å². The Balaban J connectivity index is 0.000000341. The van der Waals surface area contributed by atoms with Crippen molar-refractivity contribution in [1.82, 2.24) is 0 Å². The van der Waals surface area contributed by atoms with Crippen molar-refractivity contribution in [2.75, 3.05) is 0 Å². The summed E-state index contributed by atoms with van der Waals surface area (Å²) in [6, 6.07) is 32.3. The summed E-state index contributed by atoms with van der Waals surface area (Å²) >= 11 is 0. The van der Waals surface area contributed by atoms with Gasteiger partial charge in [0.1, 0.15) is 5.78 Å². The van der Waals surface area contributed by atoms with Gasteiger partial charge >= 0.3 is 0 Å². The summed E-state index contributed by atoms with van der Waals surface area (Å²) in [6.07, 6.45) is 1.69. The number of rotatable bonds is 3. The van der Waals surface area contributed by atoms with E-state index >= 15 is 0 Å². The normalized spacial score (nSPS) is 12.5. The van der Waals surface area contributed by atoms with E-state index in [-0.39, 0.29) is 0 Å². The molecule has 1 saturated carbocycles. The second-order valence-corrected chi connectivity index (χ2v) is 7.60. The monoisotopic (exact) mass is 318 g/mol. The number of hydrogen-bond donors (Lipinski definition) is 0. The molecule has 0 amide bonds. The Hall–Kier alpha value is -2.24. The first-order valence-electron chi connectivity index (χ1n) is 7.81. The molecular formula is C21H19OP. The van der Waals surface area contributed by atoms with E-state index in [0.717, 1.165) is 12.8 Å². The molecule has 0 saturated heterocycles. The lowest BCUT2D eigenvalue weighted by Gasteiger charge is -2.18. The SMILES string of the molecule is O=C1CC1.c1ccc(P(c2ccccc2)c2ccccc2)cc1. The molecule has 114 valence electrons. The number of ketones is 1. The molecule has 0 radical (unpaired) electrons.